The number of aryl methyl sites for hydroxylation is 1. The van der Waals surface area contributed by atoms with Gasteiger partial charge in [0.15, 0.2) is 0 Å². The highest BCUT2D eigenvalue weighted by Crippen LogP contribution is 2.28. The van der Waals surface area contributed by atoms with Crippen LogP contribution < -0.4 is 4.90 Å². The summed E-state index contributed by atoms with van der Waals surface area (Å²) >= 11 is 6.33. The van der Waals surface area contributed by atoms with Gasteiger partial charge < -0.3 is 9.80 Å². The lowest BCUT2D eigenvalue weighted by molar-refractivity contribution is 0.313. The number of rotatable bonds is 1. The van der Waals surface area contributed by atoms with Crippen molar-refractivity contribution in [1.29, 1.82) is 0 Å². The molecular formula is C15H18ClN3. The molecule has 0 saturated carbocycles. The quantitative estimate of drug-likeness (QED) is 0.798. The number of fused-ring (bicyclic) bond motifs is 1. The molecule has 3 nitrogen and oxygen atoms in total. The third-order valence-corrected chi connectivity index (χ3v) is 4.05. The molecule has 1 fully saturated rings. The van der Waals surface area contributed by atoms with Crippen LogP contribution in [0.3, 0.4) is 0 Å². The van der Waals surface area contributed by atoms with Crippen LogP contribution in [-0.4, -0.2) is 43.1 Å². The van der Waals surface area contributed by atoms with Gasteiger partial charge in [0, 0.05) is 42.9 Å². The average Bonchev–Trinajstić information content (AvgIpc) is 2.39. The maximum absolute atomic E-state index is 6.33. The zero-order valence-electron chi connectivity index (χ0n) is 11.4. The van der Waals surface area contributed by atoms with E-state index in [0.717, 1.165) is 47.8 Å². The van der Waals surface area contributed by atoms with Gasteiger partial charge in [-0.25, -0.2) is 0 Å². The molecule has 0 radical (unpaired) electrons. The van der Waals surface area contributed by atoms with E-state index in [1.54, 1.807) is 0 Å². The first-order valence-corrected chi connectivity index (χ1v) is 7.02. The minimum Gasteiger partial charge on any atom is -0.369 e. The van der Waals surface area contributed by atoms with Gasteiger partial charge in [0.2, 0.25) is 0 Å². The number of hydrogen-bond acceptors (Lipinski definition) is 3. The van der Waals surface area contributed by atoms with E-state index < -0.39 is 0 Å². The molecule has 0 amide bonds. The summed E-state index contributed by atoms with van der Waals surface area (Å²) in [5.41, 5.74) is 3.18. The van der Waals surface area contributed by atoms with Crippen molar-refractivity contribution in [2.75, 3.05) is 38.1 Å². The molecule has 100 valence electrons. The second-order valence-corrected chi connectivity index (χ2v) is 5.64. The van der Waals surface area contributed by atoms with Crippen LogP contribution in [0.1, 0.15) is 5.69 Å². The molecule has 2 heterocycles. The van der Waals surface area contributed by atoms with E-state index in [2.05, 4.69) is 40.0 Å². The molecular weight excluding hydrogens is 258 g/mol. The highest BCUT2D eigenvalue weighted by atomic mass is 35.5. The molecule has 1 aromatic heterocycles. The minimum absolute atomic E-state index is 0.790. The third kappa shape index (κ3) is 2.53. The van der Waals surface area contributed by atoms with Crippen LogP contribution in [0.25, 0.3) is 10.9 Å². The number of hydrogen-bond donors (Lipinski definition) is 0. The molecule has 0 bridgehead atoms. The van der Waals surface area contributed by atoms with Gasteiger partial charge >= 0.3 is 0 Å². The minimum atomic E-state index is 0.790. The summed E-state index contributed by atoms with van der Waals surface area (Å²) in [6.45, 7) is 6.33. The average molecular weight is 276 g/mol. The van der Waals surface area contributed by atoms with E-state index in [1.165, 1.54) is 5.69 Å². The summed E-state index contributed by atoms with van der Waals surface area (Å²) in [6.07, 6.45) is 0. The van der Waals surface area contributed by atoms with E-state index in [9.17, 15) is 0 Å². The monoisotopic (exact) mass is 275 g/mol. The lowest BCUT2D eigenvalue weighted by Gasteiger charge is -2.34. The van der Waals surface area contributed by atoms with E-state index in [0.29, 0.717) is 0 Å². The Balaban J connectivity index is 1.97. The normalized spacial score (nSPS) is 17.1. The highest BCUT2D eigenvalue weighted by Gasteiger charge is 2.15. The van der Waals surface area contributed by atoms with Gasteiger partial charge in [0.05, 0.1) is 10.5 Å². The third-order valence-electron chi connectivity index (χ3n) is 3.74. The van der Waals surface area contributed by atoms with Crippen LogP contribution in [0.5, 0.6) is 0 Å². The van der Waals surface area contributed by atoms with Crippen molar-refractivity contribution in [1.82, 2.24) is 9.88 Å². The first kappa shape index (κ1) is 12.7. The fourth-order valence-electron chi connectivity index (χ4n) is 2.56. The Kier molecular flexibility index (Phi) is 3.33. The molecule has 0 unspecified atom stereocenters. The number of aromatic nitrogens is 1. The van der Waals surface area contributed by atoms with Gasteiger partial charge in [-0.05, 0) is 38.2 Å². The molecule has 0 spiro atoms. The fourth-order valence-corrected chi connectivity index (χ4v) is 2.87. The second kappa shape index (κ2) is 4.99. The van der Waals surface area contributed by atoms with Crippen molar-refractivity contribution in [2.24, 2.45) is 0 Å². The summed E-state index contributed by atoms with van der Waals surface area (Å²) in [5.74, 6) is 0. The van der Waals surface area contributed by atoms with Crippen LogP contribution in [0.2, 0.25) is 5.02 Å². The number of likely N-dealkylation sites (N-methyl/N-ethyl adjacent to an activating group) is 1. The number of pyridine rings is 1. The largest absolute Gasteiger partial charge is 0.369 e. The molecule has 0 N–H and O–H groups in total. The van der Waals surface area contributed by atoms with Gasteiger partial charge in [0.1, 0.15) is 0 Å². The lowest BCUT2D eigenvalue weighted by atomic mass is 10.1. The van der Waals surface area contributed by atoms with Crippen LogP contribution in [0, 0.1) is 6.92 Å². The van der Waals surface area contributed by atoms with E-state index in [1.807, 2.05) is 13.0 Å². The van der Waals surface area contributed by atoms with Crippen molar-refractivity contribution in [3.05, 3.63) is 35.0 Å². The smallest absolute Gasteiger partial charge is 0.0721 e. The first-order valence-electron chi connectivity index (χ1n) is 6.64. The number of anilines is 1. The molecule has 19 heavy (non-hydrogen) atoms. The van der Waals surface area contributed by atoms with Crippen LogP contribution in [-0.2, 0) is 0 Å². The Hall–Kier alpha value is -1.32. The van der Waals surface area contributed by atoms with Crippen molar-refractivity contribution in [3.63, 3.8) is 0 Å². The summed E-state index contributed by atoms with van der Waals surface area (Å²) in [4.78, 5) is 9.29. The van der Waals surface area contributed by atoms with Gasteiger partial charge in [-0.15, -0.1) is 0 Å². The number of halogens is 1. The van der Waals surface area contributed by atoms with Gasteiger partial charge in [0.25, 0.3) is 0 Å². The molecule has 2 aromatic rings. The topological polar surface area (TPSA) is 19.4 Å². The van der Waals surface area contributed by atoms with Gasteiger partial charge in [-0.2, -0.15) is 0 Å². The van der Waals surface area contributed by atoms with Crippen LogP contribution in [0.4, 0.5) is 5.69 Å². The standard InChI is InChI=1S/C15H18ClN3/c1-11-9-14(16)13-10-12(3-4-15(13)17-11)19-7-5-18(2)6-8-19/h3-4,9-10H,5-8H2,1-2H3. The van der Waals surface area contributed by atoms with E-state index in [4.69, 9.17) is 11.6 Å². The lowest BCUT2D eigenvalue weighted by Crippen LogP contribution is -2.44. The summed E-state index contributed by atoms with van der Waals surface area (Å²) in [7, 11) is 2.17. The Morgan fingerprint density at radius 1 is 1.11 bits per heavy atom. The number of nitrogens with zero attached hydrogens (tertiary/aromatic N) is 3. The summed E-state index contributed by atoms with van der Waals surface area (Å²) in [6, 6.07) is 8.31. The van der Waals surface area contributed by atoms with Gasteiger partial charge in [-0.1, -0.05) is 11.6 Å². The zero-order chi connectivity index (χ0) is 13.4. The molecule has 1 aliphatic heterocycles. The predicted molar refractivity (Wildman–Crippen MR) is 81.2 cm³/mol. The molecule has 1 aromatic carbocycles. The second-order valence-electron chi connectivity index (χ2n) is 5.24. The maximum atomic E-state index is 6.33. The summed E-state index contributed by atoms with van der Waals surface area (Å²) in [5, 5.41) is 1.84. The van der Waals surface area contributed by atoms with Crippen molar-refractivity contribution in [2.45, 2.75) is 6.92 Å². The Morgan fingerprint density at radius 3 is 2.58 bits per heavy atom. The first-order chi connectivity index (χ1) is 9.13. The number of benzene rings is 1. The van der Waals surface area contributed by atoms with E-state index in [-0.39, 0.29) is 0 Å². The highest BCUT2D eigenvalue weighted by molar-refractivity contribution is 6.35. The Labute approximate surface area is 118 Å². The molecule has 3 rings (SSSR count). The maximum Gasteiger partial charge on any atom is 0.0721 e. The van der Waals surface area contributed by atoms with Crippen molar-refractivity contribution >= 4 is 28.2 Å². The Morgan fingerprint density at radius 2 is 1.84 bits per heavy atom. The molecule has 1 aliphatic rings. The van der Waals surface area contributed by atoms with Crippen molar-refractivity contribution < 1.29 is 0 Å². The summed E-state index contributed by atoms with van der Waals surface area (Å²) < 4.78 is 0. The SMILES string of the molecule is Cc1cc(Cl)c2cc(N3CCN(C)CC3)ccc2n1. The van der Waals surface area contributed by atoms with Crippen LogP contribution >= 0.6 is 11.6 Å². The van der Waals surface area contributed by atoms with Crippen molar-refractivity contribution in [3.8, 4) is 0 Å². The molecule has 4 heteroatoms. The molecule has 0 atom stereocenters. The fraction of sp³-hybridized carbons (Fsp3) is 0.400. The Bertz CT molecular complexity index is 604. The predicted octanol–water partition coefficient (Wildman–Crippen LogP) is 2.95. The van der Waals surface area contributed by atoms with Gasteiger partial charge in [-0.3, -0.25) is 4.98 Å². The van der Waals surface area contributed by atoms with Crippen LogP contribution in [0.15, 0.2) is 24.3 Å². The molecule has 0 aliphatic carbocycles. The number of piperazine rings is 1. The molecule has 1 saturated heterocycles. The zero-order valence-corrected chi connectivity index (χ0v) is 12.1. The van der Waals surface area contributed by atoms with E-state index >= 15 is 0 Å².